The molecule has 240 valence electrons. The van der Waals surface area contributed by atoms with E-state index in [1.807, 2.05) is 13.0 Å². The fourth-order valence-corrected chi connectivity index (χ4v) is 7.97. The Morgan fingerprint density at radius 1 is 1.14 bits per heavy atom. The van der Waals surface area contributed by atoms with Crippen molar-refractivity contribution in [1.82, 2.24) is 0 Å². The topological polar surface area (TPSA) is 137 Å². The summed E-state index contributed by atoms with van der Waals surface area (Å²) in [5.41, 5.74) is -0.743. The molecule has 12 nitrogen and oxygen atoms in total. The normalized spacial score (nSPS) is 30.3. The molecule has 0 saturated carbocycles. The highest BCUT2D eigenvalue weighted by molar-refractivity contribution is 9.09. The summed E-state index contributed by atoms with van der Waals surface area (Å²) in [5.74, 6) is -3.30. The van der Waals surface area contributed by atoms with Gasteiger partial charge in [-0.15, -0.1) is 0 Å². The van der Waals surface area contributed by atoms with Crippen LogP contribution in [0.25, 0.3) is 10.8 Å². The number of alkyl halides is 1. The van der Waals surface area contributed by atoms with Crippen LogP contribution in [-0.2, 0) is 34.8 Å². The molecule has 0 amide bonds. The first-order chi connectivity index (χ1) is 20.8. The minimum Gasteiger partial charge on any atom is -0.496 e. The standard InChI is InChI=1S/C31H37BrO12/c1-14-12-16-20(22(40-27(34)44-28(2,3)4)19-15(21(16)36-5)10-9-11-17(19)33)23-18(14)24-25-30(39-8,41-23)29(35,13-32)31(42-24,43-25)26(37-6)38-7/h12,24-26,35H,9-11,13H2,1-8H3/t24?,25?,29-,30+,31?/m0/s1. The van der Waals surface area contributed by atoms with E-state index >= 15 is 0 Å². The molecule has 1 aliphatic carbocycles. The number of benzene rings is 2. The molecule has 2 aromatic carbocycles. The Bertz CT molecular complexity index is 1550. The van der Waals surface area contributed by atoms with Gasteiger partial charge in [-0.2, -0.15) is 0 Å². The average molecular weight is 682 g/mol. The molecule has 1 N–H and O–H groups in total. The van der Waals surface area contributed by atoms with Crippen molar-refractivity contribution in [3.8, 4) is 17.2 Å². The van der Waals surface area contributed by atoms with E-state index in [-0.39, 0.29) is 40.0 Å². The largest absolute Gasteiger partial charge is 0.514 e. The number of hydrogen-bond donors (Lipinski definition) is 1. The average Bonchev–Trinajstić information content (AvgIpc) is 3.46. The molecule has 44 heavy (non-hydrogen) atoms. The maximum absolute atomic E-state index is 13.6. The molecular weight excluding hydrogens is 644 g/mol. The molecule has 6 rings (SSSR count). The zero-order valence-corrected chi connectivity index (χ0v) is 27.5. The number of methoxy groups -OCH3 is 4. The third kappa shape index (κ3) is 3.96. The van der Waals surface area contributed by atoms with E-state index in [0.717, 1.165) is 5.56 Å². The van der Waals surface area contributed by atoms with E-state index in [1.165, 1.54) is 28.4 Å². The van der Waals surface area contributed by atoms with Gasteiger partial charge in [-0.25, -0.2) is 4.79 Å². The van der Waals surface area contributed by atoms with Crippen LogP contribution in [0.3, 0.4) is 0 Å². The molecule has 3 heterocycles. The number of rotatable bonds is 7. The minimum absolute atomic E-state index is 0.0192. The highest BCUT2D eigenvalue weighted by Crippen LogP contribution is 2.68. The van der Waals surface area contributed by atoms with E-state index in [9.17, 15) is 14.7 Å². The SMILES string of the molecule is COc1c2c(c(OC(=O)OC(C)(C)C)c3c4c(c(C)cc13)C1OC3(C(OC)OC)OC1[C@@](OC)(O4)[C@@]3(O)CBr)C(=O)CCC2. The van der Waals surface area contributed by atoms with Crippen molar-refractivity contribution in [2.75, 3.05) is 33.8 Å². The van der Waals surface area contributed by atoms with Crippen LogP contribution in [0.1, 0.15) is 66.8 Å². The van der Waals surface area contributed by atoms with Crippen LogP contribution in [0.5, 0.6) is 17.2 Å². The minimum atomic E-state index is -2.03. The summed E-state index contributed by atoms with van der Waals surface area (Å²) in [6, 6.07) is 1.88. The van der Waals surface area contributed by atoms with Gasteiger partial charge < -0.3 is 47.7 Å². The third-order valence-electron chi connectivity index (χ3n) is 8.87. The summed E-state index contributed by atoms with van der Waals surface area (Å²) in [6.45, 7) is 7.02. The Hall–Kier alpha value is -2.52. The lowest BCUT2D eigenvalue weighted by molar-refractivity contribution is -0.390. The molecule has 0 aromatic heterocycles. The smallest absolute Gasteiger partial charge is 0.496 e. The highest BCUT2D eigenvalue weighted by atomic mass is 79.9. The first-order valence-electron chi connectivity index (χ1n) is 14.4. The fraction of sp³-hybridized carbons (Fsp3) is 0.613. The molecule has 2 fully saturated rings. The van der Waals surface area contributed by atoms with Crippen LogP contribution in [0.4, 0.5) is 4.79 Å². The lowest BCUT2D eigenvalue weighted by Gasteiger charge is -2.54. The molecule has 5 atom stereocenters. The molecule has 2 bridgehead atoms. The number of carbonyl (C=O) groups is 2. The molecule has 0 radical (unpaired) electrons. The molecule has 2 saturated heterocycles. The summed E-state index contributed by atoms with van der Waals surface area (Å²) < 4.78 is 54.3. The molecular formula is C31H37BrO12. The monoisotopic (exact) mass is 680 g/mol. The Labute approximate surface area is 263 Å². The van der Waals surface area contributed by atoms with Crippen LogP contribution >= 0.6 is 15.9 Å². The van der Waals surface area contributed by atoms with E-state index in [2.05, 4.69) is 15.9 Å². The van der Waals surface area contributed by atoms with Crippen LogP contribution in [-0.4, -0.2) is 86.0 Å². The predicted octanol–water partition coefficient (Wildman–Crippen LogP) is 4.64. The molecule has 3 unspecified atom stereocenters. The third-order valence-corrected chi connectivity index (χ3v) is 9.68. The lowest BCUT2D eigenvalue weighted by atomic mass is 9.76. The van der Waals surface area contributed by atoms with Crippen molar-refractivity contribution in [2.24, 2.45) is 0 Å². The van der Waals surface area contributed by atoms with Gasteiger partial charge in [-0.3, -0.25) is 4.79 Å². The summed E-state index contributed by atoms with van der Waals surface area (Å²) in [6.07, 6.45) is -2.57. The number of aliphatic hydroxyl groups is 1. The van der Waals surface area contributed by atoms with Gasteiger partial charge in [-0.05, 0) is 52.2 Å². The Balaban J connectivity index is 1.69. The van der Waals surface area contributed by atoms with Gasteiger partial charge in [0.15, 0.2) is 17.6 Å². The number of fused-ring (bicyclic) bond motifs is 6. The van der Waals surface area contributed by atoms with Crippen molar-refractivity contribution in [2.45, 2.75) is 88.2 Å². The van der Waals surface area contributed by atoms with Gasteiger partial charge in [-0.1, -0.05) is 15.9 Å². The number of halogens is 1. The molecule has 2 aromatic rings. The van der Waals surface area contributed by atoms with Crippen molar-refractivity contribution in [3.05, 3.63) is 28.3 Å². The van der Waals surface area contributed by atoms with Crippen LogP contribution in [0.2, 0.25) is 0 Å². The van der Waals surface area contributed by atoms with Gasteiger partial charge in [0.05, 0.1) is 18.1 Å². The number of ketones is 1. The van der Waals surface area contributed by atoms with Crippen molar-refractivity contribution in [3.63, 3.8) is 0 Å². The zero-order chi connectivity index (χ0) is 32.0. The Kier molecular flexibility index (Phi) is 7.52. The number of aryl methyl sites for hydroxylation is 1. The number of hydrogen-bond acceptors (Lipinski definition) is 12. The van der Waals surface area contributed by atoms with Crippen LogP contribution in [0, 0.1) is 6.92 Å². The molecule has 3 aliphatic heterocycles. The lowest BCUT2D eigenvalue weighted by Crippen LogP contribution is -2.76. The van der Waals surface area contributed by atoms with Gasteiger partial charge in [0.1, 0.15) is 23.2 Å². The zero-order valence-electron chi connectivity index (χ0n) is 26.0. The van der Waals surface area contributed by atoms with E-state index < -0.39 is 47.4 Å². The molecule has 4 aliphatic rings. The Morgan fingerprint density at radius 3 is 2.43 bits per heavy atom. The number of Topliss-reactive ketones (excluding diaryl/α,β-unsaturated/α-hetero) is 1. The highest BCUT2D eigenvalue weighted by Gasteiger charge is 2.87. The summed E-state index contributed by atoms with van der Waals surface area (Å²) in [5, 5.41) is 13.1. The van der Waals surface area contributed by atoms with E-state index in [4.69, 9.17) is 42.6 Å². The van der Waals surface area contributed by atoms with Crippen LogP contribution in [0.15, 0.2) is 6.07 Å². The maximum Gasteiger partial charge on any atom is 0.514 e. The van der Waals surface area contributed by atoms with Crippen molar-refractivity contribution >= 4 is 38.6 Å². The van der Waals surface area contributed by atoms with Gasteiger partial charge in [0.2, 0.25) is 11.9 Å². The van der Waals surface area contributed by atoms with E-state index in [0.29, 0.717) is 35.1 Å². The van der Waals surface area contributed by atoms with E-state index in [1.54, 1.807) is 20.8 Å². The fourth-order valence-electron chi connectivity index (χ4n) is 7.19. The van der Waals surface area contributed by atoms with Crippen molar-refractivity contribution < 1.29 is 57.3 Å². The predicted molar refractivity (Wildman–Crippen MR) is 158 cm³/mol. The molecule has 13 heteroatoms. The second-order valence-electron chi connectivity index (χ2n) is 12.4. The number of ether oxygens (including phenoxy) is 9. The van der Waals surface area contributed by atoms with Gasteiger partial charge >= 0.3 is 6.16 Å². The summed E-state index contributed by atoms with van der Waals surface area (Å²) >= 11 is 3.42. The summed E-state index contributed by atoms with van der Waals surface area (Å²) in [4.78, 5) is 26.7. The second kappa shape index (κ2) is 10.5. The summed E-state index contributed by atoms with van der Waals surface area (Å²) in [7, 11) is 5.74. The Morgan fingerprint density at radius 2 is 1.84 bits per heavy atom. The molecule has 0 spiro atoms. The first kappa shape index (κ1) is 31.5. The van der Waals surface area contributed by atoms with Crippen molar-refractivity contribution in [1.29, 1.82) is 0 Å². The number of carbonyl (C=O) groups excluding carboxylic acids is 2. The van der Waals surface area contributed by atoms with Gasteiger partial charge in [0.25, 0.3) is 11.6 Å². The second-order valence-corrected chi connectivity index (χ2v) is 13.0. The van der Waals surface area contributed by atoms with Crippen LogP contribution < -0.4 is 14.2 Å². The first-order valence-corrected chi connectivity index (χ1v) is 15.5. The maximum atomic E-state index is 13.6. The van der Waals surface area contributed by atoms with Gasteiger partial charge in [0, 0.05) is 49.6 Å². The quantitative estimate of drug-likeness (QED) is 0.189.